The number of urea groups is 1. The molecular formula is C22H20ClN3O4. The fourth-order valence-corrected chi connectivity index (χ4v) is 3.82. The van der Waals surface area contributed by atoms with Crippen LogP contribution in [0.3, 0.4) is 0 Å². The zero-order chi connectivity index (χ0) is 21.4. The molecule has 2 aromatic rings. The molecule has 2 N–H and O–H groups in total. The summed E-state index contributed by atoms with van der Waals surface area (Å²) >= 11 is 6.17. The Morgan fingerprint density at radius 1 is 1.17 bits per heavy atom. The van der Waals surface area contributed by atoms with E-state index in [2.05, 4.69) is 10.6 Å². The second kappa shape index (κ2) is 7.84. The van der Waals surface area contributed by atoms with Gasteiger partial charge in [0.25, 0.3) is 0 Å². The molecule has 8 heteroatoms. The van der Waals surface area contributed by atoms with Crippen molar-refractivity contribution in [3.05, 3.63) is 75.4 Å². The van der Waals surface area contributed by atoms with Crippen LogP contribution in [0.15, 0.2) is 53.7 Å². The number of aryl methyl sites for hydroxylation is 2. The predicted octanol–water partition coefficient (Wildman–Crippen LogP) is 3.47. The molecule has 154 valence electrons. The summed E-state index contributed by atoms with van der Waals surface area (Å²) in [5.74, 6) is -0.932. The topological polar surface area (TPSA) is 87.7 Å². The molecule has 2 aromatic carbocycles. The summed E-state index contributed by atoms with van der Waals surface area (Å²) in [6, 6.07) is 11.7. The fourth-order valence-electron chi connectivity index (χ4n) is 3.54. The van der Waals surface area contributed by atoms with E-state index in [1.807, 2.05) is 44.2 Å². The van der Waals surface area contributed by atoms with Crippen molar-refractivity contribution < 1.29 is 19.1 Å². The van der Waals surface area contributed by atoms with Crippen molar-refractivity contribution in [2.45, 2.75) is 19.9 Å². The lowest BCUT2D eigenvalue weighted by Crippen LogP contribution is -2.49. The van der Waals surface area contributed by atoms with Crippen LogP contribution in [0.1, 0.15) is 22.7 Å². The Kier molecular flexibility index (Phi) is 5.22. The minimum atomic E-state index is -0.617. The van der Waals surface area contributed by atoms with E-state index in [-0.39, 0.29) is 13.2 Å². The van der Waals surface area contributed by atoms with Crippen molar-refractivity contribution in [2.24, 2.45) is 0 Å². The van der Waals surface area contributed by atoms with E-state index in [9.17, 15) is 14.4 Å². The SMILES string of the molecule is Cc1ccc([C@H]2NC(=O)N(CC(=O)Nc3ccc(C)cc3Cl)C3=C2C(=O)OC3)cc1. The van der Waals surface area contributed by atoms with E-state index >= 15 is 0 Å². The molecule has 2 heterocycles. The molecule has 0 radical (unpaired) electrons. The third-order valence-electron chi connectivity index (χ3n) is 5.11. The third kappa shape index (κ3) is 3.76. The number of cyclic esters (lactones) is 1. The Balaban J connectivity index is 1.59. The molecule has 0 aliphatic carbocycles. The predicted molar refractivity (Wildman–Crippen MR) is 112 cm³/mol. The van der Waals surface area contributed by atoms with E-state index in [0.717, 1.165) is 16.7 Å². The molecule has 0 fully saturated rings. The van der Waals surface area contributed by atoms with Crippen molar-refractivity contribution in [2.75, 3.05) is 18.5 Å². The van der Waals surface area contributed by atoms with Crippen molar-refractivity contribution >= 4 is 35.2 Å². The highest BCUT2D eigenvalue weighted by Gasteiger charge is 2.42. The molecule has 0 aromatic heterocycles. The largest absolute Gasteiger partial charge is 0.456 e. The molecule has 30 heavy (non-hydrogen) atoms. The van der Waals surface area contributed by atoms with E-state index < -0.39 is 23.9 Å². The average molecular weight is 426 g/mol. The summed E-state index contributed by atoms with van der Waals surface area (Å²) in [4.78, 5) is 39.0. The van der Waals surface area contributed by atoms with Gasteiger partial charge >= 0.3 is 12.0 Å². The first-order valence-corrected chi connectivity index (χ1v) is 9.82. The van der Waals surface area contributed by atoms with Crippen LogP contribution in [0, 0.1) is 13.8 Å². The van der Waals surface area contributed by atoms with Crippen LogP contribution in [-0.4, -0.2) is 36.0 Å². The quantitative estimate of drug-likeness (QED) is 0.734. The summed E-state index contributed by atoms with van der Waals surface area (Å²) in [7, 11) is 0. The van der Waals surface area contributed by atoms with Gasteiger partial charge in [-0.2, -0.15) is 0 Å². The summed E-state index contributed by atoms with van der Waals surface area (Å²) < 4.78 is 5.19. The number of carbonyl (C=O) groups excluding carboxylic acids is 3. The molecule has 0 saturated heterocycles. The summed E-state index contributed by atoms with van der Waals surface area (Å²) in [6.45, 7) is 3.53. The maximum absolute atomic E-state index is 12.8. The molecule has 0 bridgehead atoms. The highest BCUT2D eigenvalue weighted by Crippen LogP contribution is 2.35. The van der Waals surface area contributed by atoms with Gasteiger partial charge in [0.2, 0.25) is 5.91 Å². The third-order valence-corrected chi connectivity index (χ3v) is 5.42. The molecule has 3 amide bonds. The second-order valence-electron chi connectivity index (χ2n) is 7.35. The van der Waals surface area contributed by atoms with Gasteiger partial charge in [-0.15, -0.1) is 0 Å². The number of nitrogens with one attached hydrogen (secondary N) is 2. The number of hydrogen-bond acceptors (Lipinski definition) is 4. The number of carbonyl (C=O) groups is 3. The first-order chi connectivity index (χ1) is 14.3. The molecule has 0 unspecified atom stereocenters. The lowest BCUT2D eigenvalue weighted by Gasteiger charge is -2.32. The minimum Gasteiger partial charge on any atom is -0.456 e. The zero-order valence-electron chi connectivity index (χ0n) is 16.5. The number of halogens is 1. The lowest BCUT2D eigenvalue weighted by atomic mass is 9.95. The molecule has 4 rings (SSSR count). The monoisotopic (exact) mass is 425 g/mol. The van der Waals surface area contributed by atoms with Crippen LogP contribution >= 0.6 is 11.6 Å². The van der Waals surface area contributed by atoms with Crippen LogP contribution in [0.4, 0.5) is 10.5 Å². The molecular weight excluding hydrogens is 406 g/mol. The number of nitrogens with zero attached hydrogens (tertiary/aromatic N) is 1. The number of esters is 1. The number of benzene rings is 2. The number of hydrogen-bond donors (Lipinski definition) is 2. The fraction of sp³-hybridized carbons (Fsp3) is 0.227. The van der Waals surface area contributed by atoms with Crippen LogP contribution in [-0.2, 0) is 14.3 Å². The van der Waals surface area contributed by atoms with Gasteiger partial charge in [-0.1, -0.05) is 47.5 Å². The van der Waals surface area contributed by atoms with Gasteiger partial charge in [-0.3, -0.25) is 9.69 Å². The maximum Gasteiger partial charge on any atom is 0.338 e. The lowest BCUT2D eigenvalue weighted by molar-refractivity contribution is -0.136. The van der Waals surface area contributed by atoms with Crippen molar-refractivity contribution in [3.8, 4) is 0 Å². The van der Waals surface area contributed by atoms with E-state index in [4.69, 9.17) is 16.3 Å². The van der Waals surface area contributed by atoms with Crippen molar-refractivity contribution in [1.29, 1.82) is 0 Å². The summed E-state index contributed by atoms with van der Waals surface area (Å²) in [5, 5.41) is 5.93. The van der Waals surface area contributed by atoms with Gasteiger partial charge < -0.3 is 15.4 Å². The van der Waals surface area contributed by atoms with Gasteiger partial charge in [0.1, 0.15) is 13.2 Å². The normalized spacial score (nSPS) is 18.1. The van der Waals surface area contributed by atoms with E-state index in [0.29, 0.717) is 22.0 Å². The highest BCUT2D eigenvalue weighted by atomic mass is 35.5. The van der Waals surface area contributed by atoms with Gasteiger partial charge in [-0.25, -0.2) is 9.59 Å². The van der Waals surface area contributed by atoms with Gasteiger partial charge in [-0.05, 0) is 37.1 Å². The Hall–Kier alpha value is -3.32. The highest BCUT2D eigenvalue weighted by molar-refractivity contribution is 6.33. The average Bonchev–Trinajstić information content (AvgIpc) is 3.08. The second-order valence-corrected chi connectivity index (χ2v) is 7.75. The standard InChI is InChI=1S/C22H20ClN3O4/c1-12-3-6-14(7-4-12)20-19-17(11-30-21(19)28)26(22(29)25-20)10-18(27)24-16-8-5-13(2)9-15(16)23/h3-9,20H,10-11H2,1-2H3,(H,24,27)(H,25,29)/t20-/m1/s1. The van der Waals surface area contributed by atoms with Crippen molar-refractivity contribution in [3.63, 3.8) is 0 Å². The van der Waals surface area contributed by atoms with Gasteiger partial charge in [0, 0.05) is 0 Å². The molecule has 2 aliphatic heterocycles. The minimum absolute atomic E-state index is 0.0531. The Labute approximate surface area is 178 Å². The first-order valence-electron chi connectivity index (χ1n) is 9.44. The van der Waals surface area contributed by atoms with Crippen LogP contribution in [0.2, 0.25) is 5.02 Å². The smallest absolute Gasteiger partial charge is 0.338 e. The van der Waals surface area contributed by atoms with Gasteiger partial charge in [0.05, 0.1) is 28.0 Å². The zero-order valence-corrected chi connectivity index (χ0v) is 17.2. The number of rotatable bonds is 4. The summed E-state index contributed by atoms with van der Waals surface area (Å²) in [5.41, 5.74) is 4.01. The number of amides is 3. The molecule has 7 nitrogen and oxygen atoms in total. The number of anilines is 1. The molecule has 2 aliphatic rings. The van der Waals surface area contributed by atoms with Gasteiger partial charge in [0.15, 0.2) is 0 Å². The van der Waals surface area contributed by atoms with Crippen LogP contribution < -0.4 is 10.6 Å². The summed E-state index contributed by atoms with van der Waals surface area (Å²) in [6.07, 6.45) is 0. The number of ether oxygens (including phenoxy) is 1. The Bertz CT molecular complexity index is 1080. The van der Waals surface area contributed by atoms with Crippen molar-refractivity contribution in [1.82, 2.24) is 10.2 Å². The molecule has 0 saturated carbocycles. The van der Waals surface area contributed by atoms with E-state index in [1.54, 1.807) is 12.1 Å². The van der Waals surface area contributed by atoms with Crippen LogP contribution in [0.5, 0.6) is 0 Å². The molecule has 0 spiro atoms. The Morgan fingerprint density at radius 2 is 1.87 bits per heavy atom. The maximum atomic E-state index is 12.8. The van der Waals surface area contributed by atoms with Crippen LogP contribution in [0.25, 0.3) is 0 Å². The van der Waals surface area contributed by atoms with E-state index in [1.165, 1.54) is 4.90 Å². The Morgan fingerprint density at radius 3 is 2.57 bits per heavy atom. The first kappa shape index (κ1) is 20.0. The molecule has 1 atom stereocenters.